The zero-order valence-corrected chi connectivity index (χ0v) is 15.5. The van der Waals surface area contributed by atoms with E-state index in [4.69, 9.17) is 0 Å². The topological polar surface area (TPSA) is 74.8 Å². The number of rotatable bonds is 5. The van der Waals surface area contributed by atoms with E-state index in [-0.39, 0.29) is 17.5 Å². The molecule has 0 aromatic heterocycles. The zero-order valence-electron chi connectivity index (χ0n) is 13.8. The fraction of sp³-hybridized carbons (Fsp3) is 0.625. The fourth-order valence-electron chi connectivity index (χ4n) is 3.81. The Balaban J connectivity index is 1.67. The number of fused-ring (bicyclic) bond motifs is 1. The summed E-state index contributed by atoms with van der Waals surface area (Å²) in [5.74, 6) is 0.00887. The largest absolute Gasteiger partial charge is 0.296 e. The van der Waals surface area contributed by atoms with Crippen LogP contribution < -0.4 is 0 Å². The van der Waals surface area contributed by atoms with Crippen LogP contribution >= 0.6 is 0 Å². The van der Waals surface area contributed by atoms with Gasteiger partial charge in [-0.25, -0.2) is 16.8 Å². The first-order valence-corrected chi connectivity index (χ1v) is 11.9. The molecule has 2 aliphatic heterocycles. The number of nitrogens with zero attached hydrogens (tertiary/aromatic N) is 2. The summed E-state index contributed by atoms with van der Waals surface area (Å²) in [5.41, 5.74) is 1.27. The van der Waals surface area contributed by atoms with Crippen LogP contribution in [-0.4, -0.2) is 75.5 Å². The van der Waals surface area contributed by atoms with Gasteiger partial charge in [-0.05, 0) is 24.9 Å². The number of hydrogen-bond acceptors (Lipinski definition) is 5. The highest BCUT2D eigenvalue weighted by Gasteiger charge is 2.48. The standard InChI is InChI=1S/C16H24N2O4S2/c1-23(19,20)18-11-10-17(15-12-24(21,22)13-16(15)18)9-5-8-14-6-3-2-4-7-14/h2-4,6-7,15-16H,5,8-13H2,1H3/t15-,16+/m1/s1. The third-order valence-corrected chi connectivity index (χ3v) is 7.92. The van der Waals surface area contributed by atoms with Gasteiger partial charge in [0, 0.05) is 19.1 Å². The number of sulfonamides is 1. The molecule has 0 amide bonds. The summed E-state index contributed by atoms with van der Waals surface area (Å²) in [7, 11) is -6.55. The van der Waals surface area contributed by atoms with Crippen molar-refractivity contribution in [3.63, 3.8) is 0 Å². The first kappa shape index (κ1) is 17.8. The number of benzene rings is 1. The minimum absolute atomic E-state index is 0.0556. The Morgan fingerprint density at radius 3 is 2.42 bits per heavy atom. The second kappa shape index (κ2) is 6.74. The normalized spacial score (nSPS) is 27.9. The molecule has 3 rings (SSSR count). The van der Waals surface area contributed by atoms with Gasteiger partial charge in [0.25, 0.3) is 0 Å². The van der Waals surface area contributed by atoms with Gasteiger partial charge < -0.3 is 0 Å². The van der Waals surface area contributed by atoms with Crippen molar-refractivity contribution in [1.29, 1.82) is 0 Å². The van der Waals surface area contributed by atoms with E-state index in [1.54, 1.807) is 0 Å². The Morgan fingerprint density at radius 2 is 1.75 bits per heavy atom. The van der Waals surface area contributed by atoms with Crippen LogP contribution in [0.1, 0.15) is 12.0 Å². The summed E-state index contributed by atoms with van der Waals surface area (Å²) >= 11 is 0. The lowest BCUT2D eigenvalue weighted by molar-refractivity contribution is 0.0950. The van der Waals surface area contributed by atoms with Gasteiger partial charge in [0.2, 0.25) is 10.0 Å². The van der Waals surface area contributed by atoms with Gasteiger partial charge in [-0.3, -0.25) is 4.90 Å². The molecule has 2 heterocycles. The monoisotopic (exact) mass is 372 g/mol. The second-order valence-corrected chi connectivity index (χ2v) is 10.8. The van der Waals surface area contributed by atoms with Crippen molar-refractivity contribution in [1.82, 2.24) is 9.21 Å². The molecule has 0 aliphatic carbocycles. The maximum absolute atomic E-state index is 12.1. The second-order valence-electron chi connectivity index (χ2n) is 6.71. The lowest BCUT2D eigenvalue weighted by Gasteiger charge is -2.42. The van der Waals surface area contributed by atoms with E-state index < -0.39 is 25.9 Å². The first-order valence-electron chi connectivity index (χ1n) is 8.21. The highest BCUT2D eigenvalue weighted by atomic mass is 32.2. The first-order chi connectivity index (χ1) is 11.3. The Hall–Kier alpha value is -0.960. The molecule has 2 aliphatic rings. The smallest absolute Gasteiger partial charge is 0.211 e. The summed E-state index contributed by atoms with van der Waals surface area (Å²) in [5, 5.41) is 0. The molecule has 24 heavy (non-hydrogen) atoms. The third-order valence-electron chi connectivity index (χ3n) is 4.92. The molecule has 1 aromatic carbocycles. The molecule has 6 nitrogen and oxygen atoms in total. The van der Waals surface area contributed by atoms with E-state index in [2.05, 4.69) is 17.0 Å². The van der Waals surface area contributed by atoms with Crippen molar-refractivity contribution in [3.05, 3.63) is 35.9 Å². The van der Waals surface area contributed by atoms with E-state index in [1.807, 2.05) is 18.2 Å². The molecule has 2 fully saturated rings. The molecular formula is C16H24N2O4S2. The van der Waals surface area contributed by atoms with Crippen LogP contribution in [0.25, 0.3) is 0 Å². The van der Waals surface area contributed by atoms with Crippen LogP contribution in [0.4, 0.5) is 0 Å². The number of sulfone groups is 1. The van der Waals surface area contributed by atoms with Crippen molar-refractivity contribution in [2.75, 3.05) is 37.4 Å². The molecule has 0 spiro atoms. The number of aryl methyl sites for hydroxylation is 1. The summed E-state index contributed by atoms with van der Waals surface area (Å²) in [6, 6.07) is 9.54. The molecule has 2 saturated heterocycles. The van der Waals surface area contributed by atoms with Crippen LogP contribution in [0.3, 0.4) is 0 Å². The lowest BCUT2D eigenvalue weighted by atomic mass is 10.1. The Bertz CT molecular complexity index is 778. The van der Waals surface area contributed by atoms with Crippen molar-refractivity contribution in [2.24, 2.45) is 0 Å². The number of hydrogen-bond donors (Lipinski definition) is 0. The van der Waals surface area contributed by atoms with Crippen molar-refractivity contribution >= 4 is 19.9 Å². The minimum atomic E-state index is -3.37. The quantitative estimate of drug-likeness (QED) is 0.746. The van der Waals surface area contributed by atoms with Gasteiger partial charge in [0.15, 0.2) is 9.84 Å². The van der Waals surface area contributed by atoms with E-state index >= 15 is 0 Å². The molecule has 0 unspecified atom stereocenters. The molecule has 0 N–H and O–H groups in total. The molecule has 0 bridgehead atoms. The van der Waals surface area contributed by atoms with E-state index in [0.717, 1.165) is 19.4 Å². The van der Waals surface area contributed by atoms with Crippen LogP contribution in [0.15, 0.2) is 30.3 Å². The highest BCUT2D eigenvalue weighted by molar-refractivity contribution is 7.92. The van der Waals surface area contributed by atoms with Gasteiger partial charge >= 0.3 is 0 Å². The van der Waals surface area contributed by atoms with Crippen molar-refractivity contribution < 1.29 is 16.8 Å². The summed E-state index contributed by atoms with van der Waals surface area (Å²) in [6.45, 7) is 1.77. The molecule has 2 atom stereocenters. The summed E-state index contributed by atoms with van der Waals surface area (Å²) in [4.78, 5) is 2.17. The average Bonchev–Trinajstić information content (AvgIpc) is 2.82. The molecule has 0 saturated carbocycles. The van der Waals surface area contributed by atoms with E-state index in [9.17, 15) is 16.8 Å². The molecule has 134 valence electrons. The van der Waals surface area contributed by atoms with E-state index in [0.29, 0.717) is 13.1 Å². The Labute approximate surface area is 144 Å². The molecular weight excluding hydrogens is 348 g/mol. The highest BCUT2D eigenvalue weighted by Crippen LogP contribution is 2.28. The Morgan fingerprint density at radius 1 is 1.08 bits per heavy atom. The van der Waals surface area contributed by atoms with Crippen LogP contribution in [-0.2, 0) is 26.3 Å². The van der Waals surface area contributed by atoms with Gasteiger partial charge in [-0.15, -0.1) is 0 Å². The summed E-state index contributed by atoms with van der Waals surface area (Å²) < 4.78 is 49.4. The Kier molecular flexibility index (Phi) is 5.01. The van der Waals surface area contributed by atoms with Gasteiger partial charge in [0.1, 0.15) is 0 Å². The third kappa shape index (κ3) is 3.99. The van der Waals surface area contributed by atoms with Crippen molar-refractivity contribution in [2.45, 2.75) is 24.9 Å². The van der Waals surface area contributed by atoms with Crippen LogP contribution in [0.5, 0.6) is 0 Å². The molecule has 8 heteroatoms. The maximum atomic E-state index is 12.1. The van der Waals surface area contributed by atoms with Gasteiger partial charge in [-0.2, -0.15) is 4.31 Å². The SMILES string of the molecule is CS(=O)(=O)N1CCN(CCCc2ccccc2)[C@@H]2CS(=O)(=O)C[C@@H]21. The van der Waals surface area contributed by atoms with Gasteiger partial charge in [-0.1, -0.05) is 30.3 Å². The lowest BCUT2D eigenvalue weighted by Crippen LogP contribution is -2.60. The number of piperazine rings is 1. The van der Waals surface area contributed by atoms with Crippen molar-refractivity contribution in [3.8, 4) is 0 Å². The predicted octanol–water partition coefficient (Wildman–Crippen LogP) is 0.362. The molecule has 0 radical (unpaired) electrons. The van der Waals surface area contributed by atoms with Gasteiger partial charge in [0.05, 0.1) is 23.8 Å². The molecule has 1 aromatic rings. The zero-order chi connectivity index (χ0) is 17.4. The minimum Gasteiger partial charge on any atom is -0.296 e. The predicted molar refractivity (Wildman–Crippen MR) is 94.1 cm³/mol. The van der Waals surface area contributed by atoms with E-state index in [1.165, 1.54) is 16.1 Å². The van der Waals surface area contributed by atoms with Crippen LogP contribution in [0.2, 0.25) is 0 Å². The summed E-state index contributed by atoms with van der Waals surface area (Å²) in [6.07, 6.45) is 3.05. The fourth-order valence-corrected chi connectivity index (χ4v) is 7.04. The average molecular weight is 373 g/mol. The maximum Gasteiger partial charge on any atom is 0.211 e. The van der Waals surface area contributed by atoms with Crippen LogP contribution in [0, 0.1) is 0 Å².